The Morgan fingerprint density at radius 3 is 2.43 bits per heavy atom. The van der Waals surface area contributed by atoms with Gasteiger partial charge in [0.1, 0.15) is 5.75 Å². The van der Waals surface area contributed by atoms with Crippen LogP contribution in [0.3, 0.4) is 0 Å². The number of hydrogen-bond donors (Lipinski definition) is 0. The summed E-state index contributed by atoms with van der Waals surface area (Å²) in [5, 5.41) is 0.626. The number of amides is 1. The molecule has 3 rings (SSSR count). The molecule has 0 bridgehead atoms. The standard InChI is InChI=1S/C21H22ClNO4S/c1-27-20-9-4-17(5-10-20)14-23(19-12-13-28(25,26)15-19)21(24)11-6-16-2-7-18(22)8-3-16/h2-11,19H,12-15H2,1H3/b11-6+/t19-/m0/s1. The van der Waals surface area contributed by atoms with Crippen LogP contribution in [0, 0.1) is 0 Å². The fourth-order valence-corrected chi connectivity index (χ4v) is 5.03. The molecular formula is C21H22ClNO4S. The van der Waals surface area contributed by atoms with Crippen LogP contribution in [0.15, 0.2) is 54.6 Å². The van der Waals surface area contributed by atoms with Crippen molar-refractivity contribution in [2.75, 3.05) is 18.6 Å². The van der Waals surface area contributed by atoms with Gasteiger partial charge in [0.2, 0.25) is 5.91 Å². The lowest BCUT2D eigenvalue weighted by Crippen LogP contribution is -2.39. The zero-order chi connectivity index (χ0) is 20.1. The van der Waals surface area contributed by atoms with E-state index < -0.39 is 9.84 Å². The second kappa shape index (κ2) is 8.80. The number of nitrogens with zero attached hydrogens (tertiary/aromatic N) is 1. The lowest BCUT2D eigenvalue weighted by atomic mass is 10.1. The van der Waals surface area contributed by atoms with Crippen LogP contribution in [0.4, 0.5) is 0 Å². The third-order valence-corrected chi connectivity index (χ3v) is 6.73. The summed E-state index contributed by atoms with van der Waals surface area (Å²) in [6, 6.07) is 14.2. The van der Waals surface area contributed by atoms with Crippen molar-refractivity contribution in [3.63, 3.8) is 0 Å². The second-order valence-corrected chi connectivity index (χ2v) is 9.42. The van der Waals surface area contributed by atoms with Crippen molar-refractivity contribution in [2.24, 2.45) is 0 Å². The highest BCUT2D eigenvalue weighted by Crippen LogP contribution is 2.22. The Morgan fingerprint density at radius 1 is 1.18 bits per heavy atom. The Morgan fingerprint density at radius 2 is 1.86 bits per heavy atom. The number of ether oxygens (including phenoxy) is 1. The fraction of sp³-hybridized carbons (Fsp3) is 0.286. The zero-order valence-corrected chi connectivity index (χ0v) is 17.1. The van der Waals surface area contributed by atoms with E-state index in [4.69, 9.17) is 16.3 Å². The molecule has 0 unspecified atom stereocenters. The van der Waals surface area contributed by atoms with Crippen molar-refractivity contribution in [3.05, 3.63) is 70.8 Å². The molecule has 28 heavy (non-hydrogen) atoms. The Hall–Kier alpha value is -2.31. The summed E-state index contributed by atoms with van der Waals surface area (Å²) in [5.74, 6) is 0.634. The highest BCUT2D eigenvalue weighted by atomic mass is 35.5. The Labute approximate surface area is 170 Å². The van der Waals surface area contributed by atoms with Crippen LogP contribution >= 0.6 is 11.6 Å². The number of benzene rings is 2. The van der Waals surface area contributed by atoms with Crippen molar-refractivity contribution < 1.29 is 17.9 Å². The number of rotatable bonds is 6. The van der Waals surface area contributed by atoms with E-state index in [1.807, 2.05) is 36.4 Å². The summed E-state index contributed by atoms with van der Waals surface area (Å²) in [4.78, 5) is 14.5. The molecule has 1 fully saturated rings. The number of hydrogen-bond acceptors (Lipinski definition) is 4. The maximum Gasteiger partial charge on any atom is 0.247 e. The van der Waals surface area contributed by atoms with E-state index in [1.165, 1.54) is 6.08 Å². The quantitative estimate of drug-likeness (QED) is 0.671. The number of carbonyl (C=O) groups is 1. The SMILES string of the molecule is COc1ccc(CN(C(=O)/C=C/c2ccc(Cl)cc2)[C@H]2CCS(=O)(=O)C2)cc1. The summed E-state index contributed by atoms with van der Waals surface area (Å²) < 4.78 is 29.0. The smallest absolute Gasteiger partial charge is 0.247 e. The zero-order valence-electron chi connectivity index (χ0n) is 15.5. The van der Waals surface area contributed by atoms with Crippen LogP contribution in [0.1, 0.15) is 17.5 Å². The van der Waals surface area contributed by atoms with Crippen LogP contribution in [-0.2, 0) is 21.2 Å². The molecule has 0 aliphatic carbocycles. The number of halogens is 1. The van der Waals surface area contributed by atoms with Gasteiger partial charge < -0.3 is 9.64 Å². The molecule has 0 spiro atoms. The van der Waals surface area contributed by atoms with Crippen LogP contribution in [0.25, 0.3) is 6.08 Å². The molecule has 2 aromatic rings. The summed E-state index contributed by atoms with van der Waals surface area (Å²) in [7, 11) is -1.51. The lowest BCUT2D eigenvalue weighted by Gasteiger charge is -2.27. The minimum absolute atomic E-state index is 0.00365. The molecule has 1 amide bonds. The van der Waals surface area contributed by atoms with Gasteiger partial charge in [0.25, 0.3) is 0 Å². The van der Waals surface area contributed by atoms with Crippen LogP contribution in [-0.4, -0.2) is 43.9 Å². The molecule has 5 nitrogen and oxygen atoms in total. The van der Waals surface area contributed by atoms with Gasteiger partial charge in [-0.1, -0.05) is 35.9 Å². The molecule has 148 valence electrons. The predicted molar refractivity (Wildman–Crippen MR) is 111 cm³/mol. The molecule has 0 N–H and O–H groups in total. The van der Waals surface area contributed by atoms with Gasteiger partial charge in [0, 0.05) is 23.7 Å². The summed E-state index contributed by atoms with van der Waals surface area (Å²) in [6.07, 6.45) is 3.65. The van der Waals surface area contributed by atoms with E-state index in [0.29, 0.717) is 18.0 Å². The first-order chi connectivity index (χ1) is 13.4. The molecule has 2 aromatic carbocycles. The first kappa shape index (κ1) is 20.4. The number of carbonyl (C=O) groups excluding carboxylic acids is 1. The molecule has 0 saturated carbocycles. The summed E-state index contributed by atoms with van der Waals surface area (Å²) in [5.41, 5.74) is 1.76. The highest BCUT2D eigenvalue weighted by Gasteiger charge is 2.34. The third-order valence-electron chi connectivity index (χ3n) is 4.73. The van der Waals surface area contributed by atoms with Gasteiger partial charge >= 0.3 is 0 Å². The molecule has 1 aliphatic heterocycles. The van der Waals surface area contributed by atoms with Gasteiger partial charge in [-0.3, -0.25) is 4.79 Å². The van der Waals surface area contributed by atoms with Crippen molar-refractivity contribution in [1.29, 1.82) is 0 Å². The molecule has 0 aromatic heterocycles. The monoisotopic (exact) mass is 419 g/mol. The van der Waals surface area contributed by atoms with Crippen LogP contribution in [0.2, 0.25) is 5.02 Å². The van der Waals surface area contributed by atoms with Gasteiger partial charge in [-0.25, -0.2) is 8.42 Å². The first-order valence-electron chi connectivity index (χ1n) is 8.94. The molecule has 1 atom stereocenters. The molecule has 7 heteroatoms. The fourth-order valence-electron chi connectivity index (χ4n) is 3.17. The van der Waals surface area contributed by atoms with Gasteiger partial charge in [-0.2, -0.15) is 0 Å². The lowest BCUT2D eigenvalue weighted by molar-refractivity contribution is -0.128. The van der Waals surface area contributed by atoms with E-state index in [9.17, 15) is 13.2 Å². The number of methoxy groups -OCH3 is 1. The van der Waals surface area contributed by atoms with Crippen molar-refractivity contribution in [2.45, 2.75) is 19.0 Å². The van der Waals surface area contributed by atoms with Crippen molar-refractivity contribution in [3.8, 4) is 5.75 Å². The average Bonchev–Trinajstić information content (AvgIpc) is 3.05. The average molecular weight is 420 g/mol. The largest absolute Gasteiger partial charge is 0.497 e. The van der Waals surface area contributed by atoms with E-state index in [1.54, 1.807) is 30.2 Å². The molecule has 0 radical (unpaired) electrons. The topological polar surface area (TPSA) is 63.7 Å². The summed E-state index contributed by atoms with van der Waals surface area (Å²) in [6.45, 7) is 0.341. The predicted octanol–water partition coefficient (Wildman–Crippen LogP) is 3.58. The van der Waals surface area contributed by atoms with Gasteiger partial charge in [-0.15, -0.1) is 0 Å². The van der Waals surface area contributed by atoms with Gasteiger partial charge in [0.15, 0.2) is 9.84 Å². The number of sulfone groups is 1. The second-order valence-electron chi connectivity index (χ2n) is 6.76. The van der Waals surface area contributed by atoms with E-state index in [-0.39, 0.29) is 23.5 Å². The first-order valence-corrected chi connectivity index (χ1v) is 11.1. The molecule has 1 aliphatic rings. The van der Waals surface area contributed by atoms with E-state index in [0.717, 1.165) is 16.9 Å². The van der Waals surface area contributed by atoms with Crippen molar-refractivity contribution in [1.82, 2.24) is 4.90 Å². The normalized spacial score (nSPS) is 18.3. The van der Waals surface area contributed by atoms with Crippen molar-refractivity contribution >= 4 is 33.4 Å². The Bertz CT molecular complexity index is 953. The maximum atomic E-state index is 12.9. The minimum atomic E-state index is -3.10. The molecule has 1 saturated heterocycles. The Balaban J connectivity index is 1.80. The van der Waals surface area contributed by atoms with Gasteiger partial charge in [-0.05, 0) is 47.9 Å². The van der Waals surface area contributed by atoms with Crippen LogP contribution < -0.4 is 4.74 Å². The van der Waals surface area contributed by atoms with Gasteiger partial charge in [0.05, 0.1) is 18.6 Å². The minimum Gasteiger partial charge on any atom is -0.497 e. The molecule has 1 heterocycles. The van der Waals surface area contributed by atoms with Crippen LogP contribution in [0.5, 0.6) is 5.75 Å². The van der Waals surface area contributed by atoms with E-state index >= 15 is 0 Å². The summed E-state index contributed by atoms with van der Waals surface area (Å²) >= 11 is 5.88. The Kier molecular flexibility index (Phi) is 6.42. The highest BCUT2D eigenvalue weighted by molar-refractivity contribution is 7.91. The third kappa shape index (κ3) is 5.36. The van der Waals surface area contributed by atoms with E-state index in [2.05, 4.69) is 0 Å². The molecular weight excluding hydrogens is 398 g/mol. The maximum absolute atomic E-state index is 12.9.